The summed E-state index contributed by atoms with van der Waals surface area (Å²) < 4.78 is 24.7. The smallest absolute Gasteiger partial charge is 0.260 e. The molecule has 0 fully saturated rings. The average Bonchev–Trinajstić information content (AvgIpc) is 3.23. The predicted octanol–water partition coefficient (Wildman–Crippen LogP) is 3.30. The number of rotatable bonds is 6. The lowest BCUT2D eigenvalue weighted by atomic mass is 9.98. The fourth-order valence-electron chi connectivity index (χ4n) is 3.62. The summed E-state index contributed by atoms with van der Waals surface area (Å²) in [6.07, 6.45) is 0.925. The van der Waals surface area contributed by atoms with Gasteiger partial charge in [-0.3, -0.25) is 4.79 Å². The van der Waals surface area contributed by atoms with Crippen LogP contribution in [0, 0.1) is 5.82 Å². The minimum absolute atomic E-state index is 0.257. The van der Waals surface area contributed by atoms with Gasteiger partial charge in [-0.2, -0.15) is 0 Å². The summed E-state index contributed by atoms with van der Waals surface area (Å²) in [5.41, 5.74) is 4.75. The molecule has 2 aliphatic rings. The average molecular weight is 382 g/mol. The van der Waals surface area contributed by atoms with Gasteiger partial charge in [0.05, 0.1) is 12.2 Å². The van der Waals surface area contributed by atoms with E-state index in [4.69, 9.17) is 9.47 Å². The maximum Gasteiger partial charge on any atom is 0.260 e. The number of anilines is 1. The molecule has 0 saturated carbocycles. The van der Waals surface area contributed by atoms with Gasteiger partial charge in [0.1, 0.15) is 18.2 Å². The van der Waals surface area contributed by atoms with Crippen LogP contribution in [0.4, 0.5) is 10.1 Å². The van der Waals surface area contributed by atoms with Crippen molar-refractivity contribution in [1.82, 2.24) is 4.90 Å². The van der Waals surface area contributed by atoms with Crippen LogP contribution in [0.1, 0.15) is 22.3 Å². The molecule has 146 valence electrons. The highest BCUT2D eigenvalue weighted by molar-refractivity contribution is 6.36. The fraction of sp³-hybridized carbons (Fsp3) is 0.318. The number of ether oxygens (including phenoxy) is 2. The van der Waals surface area contributed by atoms with E-state index in [1.165, 1.54) is 17.7 Å². The Hall–Kier alpha value is -2.70. The monoisotopic (exact) mass is 382 g/mol. The molecule has 0 radical (unpaired) electrons. The first-order valence-electron chi connectivity index (χ1n) is 9.35. The molecule has 0 aliphatic carbocycles. The molecule has 28 heavy (non-hydrogen) atoms. The summed E-state index contributed by atoms with van der Waals surface area (Å²) in [6, 6.07) is 10.5. The van der Waals surface area contributed by atoms with Crippen molar-refractivity contribution in [2.45, 2.75) is 13.0 Å². The van der Waals surface area contributed by atoms with Crippen molar-refractivity contribution in [3.8, 4) is 0 Å². The van der Waals surface area contributed by atoms with Gasteiger partial charge < -0.3 is 19.7 Å². The Balaban J connectivity index is 1.59. The molecule has 1 amide bonds. The summed E-state index contributed by atoms with van der Waals surface area (Å²) in [6.45, 7) is 2.97. The first kappa shape index (κ1) is 18.7. The van der Waals surface area contributed by atoms with Crippen molar-refractivity contribution in [3.63, 3.8) is 0 Å². The summed E-state index contributed by atoms with van der Waals surface area (Å²) in [4.78, 5) is 14.7. The van der Waals surface area contributed by atoms with Gasteiger partial charge in [0, 0.05) is 42.6 Å². The quantitative estimate of drug-likeness (QED) is 0.779. The summed E-state index contributed by atoms with van der Waals surface area (Å²) >= 11 is 0. The van der Waals surface area contributed by atoms with Crippen LogP contribution in [0.3, 0.4) is 0 Å². The van der Waals surface area contributed by atoms with Crippen LogP contribution in [-0.2, 0) is 27.3 Å². The summed E-state index contributed by atoms with van der Waals surface area (Å²) in [7, 11) is 3.78. The number of carbonyl (C=O) groups excluding carboxylic acids is 1. The molecule has 1 N–H and O–H groups in total. The van der Waals surface area contributed by atoms with E-state index in [0.717, 1.165) is 37.2 Å². The Morgan fingerprint density at radius 3 is 2.86 bits per heavy atom. The minimum atomic E-state index is -0.375. The van der Waals surface area contributed by atoms with Gasteiger partial charge in [0.15, 0.2) is 0 Å². The third-order valence-corrected chi connectivity index (χ3v) is 5.20. The van der Waals surface area contributed by atoms with Gasteiger partial charge in [-0.25, -0.2) is 4.39 Å². The largest absolute Gasteiger partial charge is 0.487 e. The number of hydrogen-bond acceptors (Lipinski definition) is 4. The molecular formula is C22H23FN2O3. The van der Waals surface area contributed by atoms with Gasteiger partial charge >= 0.3 is 0 Å². The summed E-state index contributed by atoms with van der Waals surface area (Å²) in [5, 5.41) is 2.78. The molecule has 0 saturated heterocycles. The third-order valence-electron chi connectivity index (χ3n) is 5.20. The zero-order chi connectivity index (χ0) is 19.7. The topological polar surface area (TPSA) is 50.8 Å². The number of likely N-dealkylation sites (N-methyl/N-ethyl adjacent to an activating group) is 1. The van der Waals surface area contributed by atoms with Crippen molar-refractivity contribution in [2.24, 2.45) is 0 Å². The second kappa shape index (κ2) is 7.73. The number of benzene rings is 2. The van der Waals surface area contributed by atoms with Crippen molar-refractivity contribution in [1.29, 1.82) is 0 Å². The van der Waals surface area contributed by atoms with Crippen LogP contribution in [0.15, 0.2) is 36.4 Å². The van der Waals surface area contributed by atoms with E-state index in [-0.39, 0.29) is 11.7 Å². The highest BCUT2D eigenvalue weighted by Crippen LogP contribution is 2.41. The van der Waals surface area contributed by atoms with Gasteiger partial charge in [-0.15, -0.1) is 0 Å². The highest BCUT2D eigenvalue weighted by atomic mass is 19.1. The van der Waals surface area contributed by atoms with Gasteiger partial charge in [-0.1, -0.05) is 18.2 Å². The van der Waals surface area contributed by atoms with Crippen LogP contribution in [0.2, 0.25) is 0 Å². The van der Waals surface area contributed by atoms with Crippen molar-refractivity contribution in [2.75, 3.05) is 39.2 Å². The number of halogens is 1. The standard InChI is InChI=1S/C22H23FN2O3/c1-25(9-10-27-2)8-7-14-3-5-17-15(11-14)13-28-21(17)20-18-12-16(23)4-6-19(18)24-22(20)26/h3-6,11-12H,7-10,13H2,1-2H3,(H,24,26)/b21-20+. The van der Waals surface area contributed by atoms with Crippen LogP contribution in [0.25, 0.3) is 11.3 Å². The maximum absolute atomic E-state index is 13.7. The van der Waals surface area contributed by atoms with E-state index in [1.54, 1.807) is 13.2 Å². The Morgan fingerprint density at radius 2 is 2.04 bits per heavy atom. The molecule has 4 rings (SSSR count). The lowest BCUT2D eigenvalue weighted by Crippen LogP contribution is -2.25. The molecule has 2 aromatic carbocycles. The first-order chi connectivity index (χ1) is 13.6. The lowest BCUT2D eigenvalue weighted by molar-refractivity contribution is -0.110. The van der Waals surface area contributed by atoms with Crippen molar-refractivity contribution < 1.29 is 18.7 Å². The second-order valence-electron chi connectivity index (χ2n) is 7.17. The molecule has 0 unspecified atom stereocenters. The fourth-order valence-corrected chi connectivity index (χ4v) is 3.62. The molecule has 0 aromatic heterocycles. The molecule has 2 heterocycles. The van der Waals surface area contributed by atoms with E-state index < -0.39 is 0 Å². The Bertz CT molecular complexity index is 955. The Morgan fingerprint density at radius 1 is 1.18 bits per heavy atom. The molecular weight excluding hydrogens is 359 g/mol. The van der Waals surface area contributed by atoms with Crippen LogP contribution < -0.4 is 5.32 Å². The number of methoxy groups -OCH3 is 1. The lowest BCUT2D eigenvalue weighted by Gasteiger charge is -2.16. The zero-order valence-electron chi connectivity index (χ0n) is 16.0. The van der Waals surface area contributed by atoms with E-state index in [2.05, 4.69) is 29.4 Å². The van der Waals surface area contributed by atoms with Crippen LogP contribution in [0.5, 0.6) is 0 Å². The summed E-state index contributed by atoms with van der Waals surface area (Å²) in [5.74, 6) is -0.104. The minimum Gasteiger partial charge on any atom is -0.487 e. The number of nitrogens with zero attached hydrogens (tertiary/aromatic N) is 1. The number of nitrogens with one attached hydrogen (secondary N) is 1. The maximum atomic E-state index is 13.7. The molecule has 2 aliphatic heterocycles. The molecule has 2 aromatic rings. The normalized spacial score (nSPS) is 17.5. The number of fused-ring (bicyclic) bond motifs is 2. The SMILES string of the molecule is COCCN(C)CCc1ccc2c(c1)CO/C2=C1/C(=O)Nc2ccc(F)cc21. The molecule has 5 nitrogen and oxygen atoms in total. The predicted molar refractivity (Wildman–Crippen MR) is 106 cm³/mol. The van der Waals surface area contributed by atoms with E-state index in [1.807, 2.05) is 6.07 Å². The van der Waals surface area contributed by atoms with Crippen LogP contribution >= 0.6 is 0 Å². The Kier molecular flexibility index (Phi) is 5.15. The van der Waals surface area contributed by atoms with Gasteiger partial charge in [0.2, 0.25) is 0 Å². The van der Waals surface area contributed by atoms with Crippen molar-refractivity contribution >= 4 is 22.9 Å². The van der Waals surface area contributed by atoms with Crippen molar-refractivity contribution in [3.05, 3.63) is 64.5 Å². The molecule has 0 bridgehead atoms. The zero-order valence-corrected chi connectivity index (χ0v) is 16.0. The molecule has 0 spiro atoms. The third kappa shape index (κ3) is 3.53. The van der Waals surface area contributed by atoms with E-state index in [9.17, 15) is 9.18 Å². The van der Waals surface area contributed by atoms with Gasteiger partial charge in [0.25, 0.3) is 5.91 Å². The van der Waals surface area contributed by atoms with Gasteiger partial charge in [-0.05, 0) is 37.2 Å². The first-order valence-corrected chi connectivity index (χ1v) is 9.35. The molecule has 0 atom stereocenters. The number of amides is 1. The second-order valence-corrected chi connectivity index (χ2v) is 7.17. The number of carbonyl (C=O) groups is 1. The number of hydrogen-bond donors (Lipinski definition) is 1. The van der Waals surface area contributed by atoms with E-state index in [0.29, 0.717) is 29.2 Å². The van der Waals surface area contributed by atoms with Crippen LogP contribution in [-0.4, -0.2) is 44.7 Å². The Labute approximate surface area is 163 Å². The molecule has 6 heteroatoms. The highest BCUT2D eigenvalue weighted by Gasteiger charge is 2.32. The van der Waals surface area contributed by atoms with E-state index >= 15 is 0 Å².